The Bertz CT molecular complexity index is 572. The molecule has 1 aliphatic rings. The Morgan fingerprint density at radius 2 is 1.94 bits per heavy atom. The van der Waals surface area contributed by atoms with E-state index in [-0.39, 0.29) is 0 Å². The van der Waals surface area contributed by atoms with Gasteiger partial charge in [-0.1, -0.05) is 0 Å². The normalized spacial score (nSPS) is 13.1. The van der Waals surface area contributed by atoms with E-state index in [9.17, 15) is 0 Å². The Kier molecular flexibility index (Phi) is 2.64. The van der Waals surface area contributed by atoms with Crippen molar-refractivity contribution < 1.29 is 9.47 Å². The van der Waals surface area contributed by atoms with E-state index in [0.717, 1.165) is 17.2 Å². The minimum absolute atomic E-state index is 0.572. The molecular weight excluding hydrogens is 230 g/mol. The lowest BCUT2D eigenvalue weighted by Gasteiger charge is -2.19. The van der Waals surface area contributed by atoms with Crippen molar-refractivity contribution in [2.75, 3.05) is 24.3 Å². The zero-order valence-corrected chi connectivity index (χ0v) is 9.72. The van der Waals surface area contributed by atoms with Crippen LogP contribution in [0.1, 0.15) is 0 Å². The fourth-order valence-electron chi connectivity index (χ4n) is 1.78. The molecule has 0 aliphatic carbocycles. The van der Waals surface area contributed by atoms with Crippen LogP contribution in [0.2, 0.25) is 0 Å². The molecule has 0 fully saturated rings. The molecule has 0 atom stereocenters. The van der Waals surface area contributed by atoms with Crippen molar-refractivity contribution in [1.82, 2.24) is 4.98 Å². The Labute approximate surface area is 105 Å². The number of nitrogens with two attached hydrogens (primary N) is 1. The summed E-state index contributed by atoms with van der Waals surface area (Å²) in [6.07, 6.45) is 1.69. The number of pyridine rings is 1. The number of hydrogen-bond donors (Lipinski definition) is 2. The number of nitrogens with zero attached hydrogens (tertiary/aromatic N) is 1. The maximum atomic E-state index is 5.83. The molecule has 1 aliphatic heterocycles. The molecule has 3 N–H and O–H groups in total. The molecule has 3 rings (SSSR count). The molecule has 2 heterocycles. The third kappa shape index (κ3) is 2.02. The first-order valence-electron chi connectivity index (χ1n) is 5.70. The van der Waals surface area contributed by atoms with Crippen LogP contribution >= 0.6 is 0 Å². The SMILES string of the molecule is Nc1cccnc1Nc1ccc2c(c1)OCCO2. The highest BCUT2D eigenvalue weighted by atomic mass is 16.6. The summed E-state index contributed by atoms with van der Waals surface area (Å²) >= 11 is 0. The fraction of sp³-hybridized carbons (Fsp3) is 0.154. The fourth-order valence-corrected chi connectivity index (χ4v) is 1.78. The van der Waals surface area contributed by atoms with Crippen LogP contribution in [0.15, 0.2) is 36.5 Å². The standard InChI is InChI=1S/C13H13N3O2/c14-10-2-1-5-15-13(10)16-9-3-4-11-12(8-9)18-7-6-17-11/h1-5,8H,6-7,14H2,(H,15,16). The lowest BCUT2D eigenvalue weighted by atomic mass is 10.2. The van der Waals surface area contributed by atoms with Crippen molar-refractivity contribution in [1.29, 1.82) is 0 Å². The van der Waals surface area contributed by atoms with E-state index in [1.54, 1.807) is 18.3 Å². The van der Waals surface area contributed by atoms with Crippen LogP contribution in [0.3, 0.4) is 0 Å². The van der Waals surface area contributed by atoms with E-state index < -0.39 is 0 Å². The van der Waals surface area contributed by atoms with Crippen molar-refractivity contribution >= 4 is 17.2 Å². The smallest absolute Gasteiger partial charge is 0.163 e. The second-order valence-electron chi connectivity index (χ2n) is 3.92. The Balaban J connectivity index is 1.87. The maximum absolute atomic E-state index is 5.83. The number of aromatic nitrogens is 1. The van der Waals surface area contributed by atoms with Gasteiger partial charge in [-0.2, -0.15) is 0 Å². The zero-order valence-electron chi connectivity index (χ0n) is 9.72. The van der Waals surface area contributed by atoms with Gasteiger partial charge < -0.3 is 20.5 Å². The Morgan fingerprint density at radius 1 is 1.11 bits per heavy atom. The van der Waals surface area contributed by atoms with Gasteiger partial charge in [-0.05, 0) is 24.3 Å². The maximum Gasteiger partial charge on any atom is 0.163 e. The summed E-state index contributed by atoms with van der Waals surface area (Å²) in [4.78, 5) is 4.18. The second kappa shape index (κ2) is 4.44. The first-order chi connectivity index (χ1) is 8.83. The van der Waals surface area contributed by atoms with E-state index >= 15 is 0 Å². The van der Waals surface area contributed by atoms with Gasteiger partial charge in [0.2, 0.25) is 0 Å². The summed E-state index contributed by atoms with van der Waals surface area (Å²) in [5.41, 5.74) is 7.29. The van der Waals surface area contributed by atoms with Crippen LogP contribution in [-0.2, 0) is 0 Å². The second-order valence-corrected chi connectivity index (χ2v) is 3.92. The van der Waals surface area contributed by atoms with Gasteiger partial charge in [0.1, 0.15) is 13.2 Å². The molecule has 92 valence electrons. The average Bonchev–Trinajstić information content (AvgIpc) is 2.41. The average molecular weight is 243 g/mol. The summed E-state index contributed by atoms with van der Waals surface area (Å²) in [5.74, 6) is 2.13. The van der Waals surface area contributed by atoms with E-state index in [0.29, 0.717) is 24.7 Å². The van der Waals surface area contributed by atoms with Gasteiger partial charge in [0, 0.05) is 18.0 Å². The molecular formula is C13H13N3O2. The van der Waals surface area contributed by atoms with Crippen molar-refractivity contribution in [3.63, 3.8) is 0 Å². The monoisotopic (exact) mass is 243 g/mol. The highest BCUT2D eigenvalue weighted by molar-refractivity contribution is 5.69. The molecule has 0 amide bonds. The molecule has 0 saturated carbocycles. The van der Waals surface area contributed by atoms with Gasteiger partial charge in [-0.15, -0.1) is 0 Å². The number of fused-ring (bicyclic) bond motifs is 1. The third-order valence-electron chi connectivity index (χ3n) is 2.64. The first-order valence-corrected chi connectivity index (χ1v) is 5.70. The van der Waals surface area contributed by atoms with Gasteiger partial charge in [0.15, 0.2) is 17.3 Å². The lowest BCUT2D eigenvalue weighted by Crippen LogP contribution is -2.15. The molecule has 1 aromatic heterocycles. The molecule has 2 aromatic rings. The van der Waals surface area contributed by atoms with Gasteiger partial charge in [0.25, 0.3) is 0 Å². The number of nitrogen functional groups attached to an aromatic ring is 1. The van der Waals surface area contributed by atoms with Crippen LogP contribution < -0.4 is 20.5 Å². The Hall–Kier alpha value is -2.43. The number of hydrogen-bond acceptors (Lipinski definition) is 5. The third-order valence-corrected chi connectivity index (χ3v) is 2.64. The summed E-state index contributed by atoms with van der Waals surface area (Å²) in [6, 6.07) is 9.25. The number of nitrogens with one attached hydrogen (secondary N) is 1. The zero-order chi connectivity index (χ0) is 12.4. The topological polar surface area (TPSA) is 69.4 Å². The minimum Gasteiger partial charge on any atom is -0.486 e. The lowest BCUT2D eigenvalue weighted by molar-refractivity contribution is 0.171. The van der Waals surface area contributed by atoms with Crippen LogP contribution in [0.5, 0.6) is 11.5 Å². The molecule has 5 nitrogen and oxygen atoms in total. The van der Waals surface area contributed by atoms with E-state index in [2.05, 4.69) is 10.3 Å². The van der Waals surface area contributed by atoms with Gasteiger partial charge >= 0.3 is 0 Å². The predicted octanol–water partition coefficient (Wildman–Crippen LogP) is 2.18. The quantitative estimate of drug-likeness (QED) is 0.846. The summed E-state index contributed by atoms with van der Waals surface area (Å²) in [7, 11) is 0. The molecule has 0 bridgehead atoms. The molecule has 0 spiro atoms. The molecule has 0 radical (unpaired) electrons. The first kappa shape index (κ1) is 10.7. The molecule has 0 unspecified atom stereocenters. The number of ether oxygens (including phenoxy) is 2. The Morgan fingerprint density at radius 3 is 2.78 bits per heavy atom. The van der Waals surface area contributed by atoms with Crippen molar-refractivity contribution in [3.8, 4) is 11.5 Å². The summed E-state index contributed by atoms with van der Waals surface area (Å²) < 4.78 is 11.0. The van der Waals surface area contributed by atoms with E-state index in [4.69, 9.17) is 15.2 Å². The largest absolute Gasteiger partial charge is 0.486 e. The molecule has 0 saturated heterocycles. The van der Waals surface area contributed by atoms with Gasteiger partial charge in [-0.25, -0.2) is 4.98 Å². The minimum atomic E-state index is 0.572. The predicted molar refractivity (Wildman–Crippen MR) is 69.4 cm³/mol. The summed E-state index contributed by atoms with van der Waals surface area (Å²) in [6.45, 7) is 1.16. The van der Waals surface area contributed by atoms with Gasteiger partial charge in [0.05, 0.1) is 5.69 Å². The number of rotatable bonds is 2. The summed E-state index contributed by atoms with van der Waals surface area (Å²) in [5, 5.41) is 3.15. The number of anilines is 3. The van der Waals surface area contributed by atoms with Crippen LogP contribution in [-0.4, -0.2) is 18.2 Å². The van der Waals surface area contributed by atoms with Gasteiger partial charge in [-0.3, -0.25) is 0 Å². The molecule has 1 aromatic carbocycles. The van der Waals surface area contributed by atoms with Crippen LogP contribution in [0.4, 0.5) is 17.2 Å². The number of benzene rings is 1. The van der Waals surface area contributed by atoms with Crippen molar-refractivity contribution in [2.24, 2.45) is 0 Å². The van der Waals surface area contributed by atoms with Crippen LogP contribution in [0, 0.1) is 0 Å². The van der Waals surface area contributed by atoms with Crippen LogP contribution in [0.25, 0.3) is 0 Å². The molecule has 18 heavy (non-hydrogen) atoms. The van der Waals surface area contributed by atoms with E-state index in [1.807, 2.05) is 18.2 Å². The van der Waals surface area contributed by atoms with E-state index in [1.165, 1.54) is 0 Å². The highest BCUT2D eigenvalue weighted by Crippen LogP contribution is 2.33. The highest BCUT2D eigenvalue weighted by Gasteiger charge is 2.12. The molecule has 5 heteroatoms. The van der Waals surface area contributed by atoms with Crippen molar-refractivity contribution in [2.45, 2.75) is 0 Å². The van der Waals surface area contributed by atoms with Crippen molar-refractivity contribution in [3.05, 3.63) is 36.5 Å².